The van der Waals surface area contributed by atoms with Gasteiger partial charge in [0.15, 0.2) is 6.61 Å². The van der Waals surface area contributed by atoms with Crippen LogP contribution in [-0.2, 0) is 4.79 Å². The van der Waals surface area contributed by atoms with Crippen LogP contribution in [0, 0.1) is 0 Å². The molecule has 0 saturated carbocycles. The van der Waals surface area contributed by atoms with Gasteiger partial charge in [0, 0.05) is 30.2 Å². The van der Waals surface area contributed by atoms with E-state index in [4.69, 9.17) is 21.1 Å². The number of halogens is 2. The zero-order valence-electron chi connectivity index (χ0n) is 14.5. The van der Waals surface area contributed by atoms with Crippen molar-refractivity contribution < 1.29 is 14.3 Å². The molecular weight excluding hydrogens is 375 g/mol. The van der Waals surface area contributed by atoms with Crippen LogP contribution in [0.2, 0.25) is 5.02 Å². The highest BCUT2D eigenvalue weighted by Crippen LogP contribution is 2.30. The lowest BCUT2D eigenvalue weighted by molar-refractivity contribution is -0.136. The number of hydrogen-bond acceptors (Lipinski definition) is 4. The van der Waals surface area contributed by atoms with Gasteiger partial charge in [-0.3, -0.25) is 4.79 Å². The molecule has 0 bridgehead atoms. The number of nitrogens with one attached hydrogen (secondary N) is 1. The number of ether oxygens (including phenoxy) is 2. The lowest BCUT2D eigenvalue weighted by Crippen LogP contribution is -2.50. The first-order valence-corrected chi connectivity index (χ1v) is 8.58. The first-order chi connectivity index (χ1) is 12.2. The Labute approximate surface area is 164 Å². The van der Waals surface area contributed by atoms with Gasteiger partial charge in [0.25, 0.3) is 5.91 Å². The maximum atomic E-state index is 12.7. The summed E-state index contributed by atoms with van der Waals surface area (Å²) in [7, 11) is 1.64. The average Bonchev–Trinajstić information content (AvgIpc) is 2.67. The number of carbonyl (C=O) groups excluding carboxylic acids is 1. The molecule has 26 heavy (non-hydrogen) atoms. The van der Waals surface area contributed by atoms with Crippen LogP contribution in [0.25, 0.3) is 0 Å². The molecular formula is C19H22Cl2N2O3. The van der Waals surface area contributed by atoms with E-state index in [0.717, 1.165) is 17.9 Å². The highest BCUT2D eigenvalue weighted by molar-refractivity contribution is 6.30. The number of piperazine rings is 1. The minimum Gasteiger partial charge on any atom is -0.496 e. The van der Waals surface area contributed by atoms with Crippen molar-refractivity contribution in [1.29, 1.82) is 0 Å². The summed E-state index contributed by atoms with van der Waals surface area (Å²) in [6.45, 7) is 2.07. The Morgan fingerprint density at radius 2 is 1.96 bits per heavy atom. The van der Waals surface area contributed by atoms with Gasteiger partial charge in [0.05, 0.1) is 13.2 Å². The smallest absolute Gasteiger partial charge is 0.261 e. The number of benzene rings is 2. The highest BCUT2D eigenvalue weighted by atomic mass is 35.5. The summed E-state index contributed by atoms with van der Waals surface area (Å²) in [5, 5.41) is 3.98. The molecule has 2 aromatic rings. The molecule has 1 amide bonds. The third kappa shape index (κ3) is 4.81. The molecule has 1 N–H and O–H groups in total. The van der Waals surface area contributed by atoms with Crippen molar-refractivity contribution in [2.45, 2.75) is 6.04 Å². The van der Waals surface area contributed by atoms with Crippen molar-refractivity contribution in [3.8, 4) is 11.5 Å². The number of para-hydroxylation sites is 1. The largest absolute Gasteiger partial charge is 0.496 e. The summed E-state index contributed by atoms with van der Waals surface area (Å²) in [5.41, 5.74) is 0.997. The predicted molar refractivity (Wildman–Crippen MR) is 105 cm³/mol. The summed E-state index contributed by atoms with van der Waals surface area (Å²) in [6.07, 6.45) is 0. The number of hydrogen-bond donors (Lipinski definition) is 1. The van der Waals surface area contributed by atoms with Crippen LogP contribution in [0.15, 0.2) is 48.5 Å². The van der Waals surface area contributed by atoms with Gasteiger partial charge in [-0.25, -0.2) is 0 Å². The summed E-state index contributed by atoms with van der Waals surface area (Å²) in [6, 6.07) is 14.7. The maximum Gasteiger partial charge on any atom is 0.261 e. The van der Waals surface area contributed by atoms with Gasteiger partial charge in [-0.15, -0.1) is 12.4 Å². The van der Waals surface area contributed by atoms with E-state index < -0.39 is 0 Å². The molecule has 2 aromatic carbocycles. The van der Waals surface area contributed by atoms with Crippen LogP contribution < -0.4 is 14.8 Å². The van der Waals surface area contributed by atoms with E-state index in [2.05, 4.69) is 5.32 Å². The molecule has 140 valence electrons. The van der Waals surface area contributed by atoms with Crippen molar-refractivity contribution in [2.75, 3.05) is 33.4 Å². The zero-order chi connectivity index (χ0) is 17.6. The first-order valence-electron chi connectivity index (χ1n) is 8.20. The lowest BCUT2D eigenvalue weighted by atomic mass is 10.0. The third-order valence-corrected chi connectivity index (χ3v) is 4.49. The van der Waals surface area contributed by atoms with E-state index in [1.807, 2.05) is 29.2 Å². The van der Waals surface area contributed by atoms with Gasteiger partial charge < -0.3 is 19.7 Å². The van der Waals surface area contributed by atoms with Crippen molar-refractivity contribution >= 4 is 29.9 Å². The van der Waals surface area contributed by atoms with Crippen molar-refractivity contribution in [3.05, 3.63) is 59.1 Å². The summed E-state index contributed by atoms with van der Waals surface area (Å²) >= 11 is 5.86. The van der Waals surface area contributed by atoms with Crippen molar-refractivity contribution in [3.63, 3.8) is 0 Å². The van der Waals surface area contributed by atoms with Gasteiger partial charge in [0.2, 0.25) is 0 Å². The lowest BCUT2D eigenvalue weighted by Gasteiger charge is -2.37. The van der Waals surface area contributed by atoms with E-state index >= 15 is 0 Å². The zero-order valence-corrected chi connectivity index (χ0v) is 16.1. The third-order valence-electron chi connectivity index (χ3n) is 4.24. The van der Waals surface area contributed by atoms with Crippen LogP contribution in [0.3, 0.4) is 0 Å². The highest BCUT2D eigenvalue weighted by Gasteiger charge is 2.29. The summed E-state index contributed by atoms with van der Waals surface area (Å²) in [4.78, 5) is 14.6. The molecule has 1 fully saturated rings. The standard InChI is InChI=1S/C19H21ClN2O3.ClH/c1-24-18-5-3-2-4-16(18)17-12-21-10-11-22(17)19(23)13-25-15-8-6-14(20)7-9-15;/h2-9,17,21H,10-13H2,1H3;1H. The molecule has 5 nitrogen and oxygen atoms in total. The van der Waals surface area contributed by atoms with Gasteiger partial charge in [-0.05, 0) is 30.3 Å². The van der Waals surface area contributed by atoms with Crippen molar-refractivity contribution in [2.24, 2.45) is 0 Å². The molecule has 0 radical (unpaired) electrons. The van der Waals surface area contributed by atoms with E-state index in [9.17, 15) is 4.79 Å². The minimum atomic E-state index is -0.0776. The molecule has 1 heterocycles. The predicted octanol–water partition coefficient (Wildman–Crippen LogP) is 3.32. The Morgan fingerprint density at radius 1 is 1.23 bits per heavy atom. The normalized spacial score (nSPS) is 16.5. The quantitative estimate of drug-likeness (QED) is 0.841. The fourth-order valence-corrected chi connectivity index (χ4v) is 3.11. The Morgan fingerprint density at radius 3 is 2.69 bits per heavy atom. The maximum absolute atomic E-state index is 12.7. The molecule has 3 rings (SSSR count). The van der Waals surface area contributed by atoms with E-state index in [1.54, 1.807) is 31.4 Å². The van der Waals surface area contributed by atoms with Crippen LogP contribution in [-0.4, -0.2) is 44.2 Å². The Kier molecular flexibility index (Phi) is 7.57. The number of nitrogens with zero attached hydrogens (tertiary/aromatic N) is 1. The van der Waals surface area contributed by atoms with Crippen LogP contribution >= 0.6 is 24.0 Å². The second-order valence-corrected chi connectivity index (χ2v) is 6.23. The Bertz CT molecular complexity index is 725. The van der Waals surface area contributed by atoms with Gasteiger partial charge in [-0.1, -0.05) is 29.8 Å². The number of carbonyl (C=O) groups is 1. The number of rotatable bonds is 5. The first kappa shape index (κ1) is 20.4. The molecule has 1 atom stereocenters. The minimum absolute atomic E-state index is 0. The molecule has 0 spiro atoms. The molecule has 1 saturated heterocycles. The van der Waals surface area contributed by atoms with E-state index in [1.165, 1.54) is 0 Å². The molecule has 7 heteroatoms. The second kappa shape index (κ2) is 9.67. The number of methoxy groups -OCH3 is 1. The summed E-state index contributed by atoms with van der Waals surface area (Å²) < 4.78 is 11.1. The molecule has 0 aromatic heterocycles. The summed E-state index contributed by atoms with van der Waals surface area (Å²) in [5.74, 6) is 1.36. The Balaban J connectivity index is 0.00000243. The van der Waals surface area contributed by atoms with E-state index in [-0.39, 0.29) is 31.0 Å². The van der Waals surface area contributed by atoms with Gasteiger partial charge in [-0.2, -0.15) is 0 Å². The van der Waals surface area contributed by atoms with Gasteiger partial charge >= 0.3 is 0 Å². The second-order valence-electron chi connectivity index (χ2n) is 5.79. The SMILES string of the molecule is COc1ccccc1C1CNCCN1C(=O)COc1ccc(Cl)cc1.Cl. The van der Waals surface area contributed by atoms with Crippen LogP contribution in [0.5, 0.6) is 11.5 Å². The van der Waals surface area contributed by atoms with Crippen LogP contribution in [0.1, 0.15) is 11.6 Å². The molecule has 1 aliphatic heterocycles. The molecule has 0 aliphatic carbocycles. The number of amides is 1. The fourth-order valence-electron chi connectivity index (χ4n) is 2.98. The monoisotopic (exact) mass is 396 g/mol. The van der Waals surface area contributed by atoms with Crippen LogP contribution in [0.4, 0.5) is 0 Å². The Hall–Kier alpha value is -1.95. The fraction of sp³-hybridized carbons (Fsp3) is 0.316. The molecule has 1 aliphatic rings. The molecule has 1 unspecified atom stereocenters. The topological polar surface area (TPSA) is 50.8 Å². The van der Waals surface area contributed by atoms with Crippen molar-refractivity contribution in [1.82, 2.24) is 10.2 Å². The van der Waals surface area contributed by atoms with Gasteiger partial charge in [0.1, 0.15) is 11.5 Å². The average molecular weight is 397 g/mol. The van der Waals surface area contributed by atoms with E-state index in [0.29, 0.717) is 23.9 Å².